The van der Waals surface area contributed by atoms with Gasteiger partial charge in [0.2, 0.25) is 5.91 Å². The summed E-state index contributed by atoms with van der Waals surface area (Å²) < 4.78 is 0. The van der Waals surface area contributed by atoms with Gasteiger partial charge in [0, 0.05) is 34.4 Å². The predicted molar refractivity (Wildman–Crippen MR) is 110 cm³/mol. The Bertz CT molecular complexity index is 932. The summed E-state index contributed by atoms with van der Waals surface area (Å²) in [5.74, 6) is 0.602. The summed E-state index contributed by atoms with van der Waals surface area (Å²) in [6.07, 6.45) is 6.08. The molecule has 0 saturated carbocycles. The maximum Gasteiger partial charge on any atom is 0.227 e. The second-order valence-electron chi connectivity index (χ2n) is 7.34. The quantitative estimate of drug-likeness (QED) is 0.690. The molecule has 1 aliphatic carbocycles. The Kier molecular flexibility index (Phi) is 5.03. The van der Waals surface area contributed by atoms with Gasteiger partial charge in [-0.1, -0.05) is 26.0 Å². The first-order valence-electron chi connectivity index (χ1n) is 9.40. The van der Waals surface area contributed by atoms with Crippen molar-refractivity contribution in [3.63, 3.8) is 0 Å². The molecule has 1 aromatic carbocycles. The van der Waals surface area contributed by atoms with Gasteiger partial charge >= 0.3 is 0 Å². The molecule has 3 aromatic rings. The van der Waals surface area contributed by atoms with Crippen molar-refractivity contribution in [1.82, 2.24) is 9.97 Å². The molecule has 0 aliphatic heterocycles. The Hall–Kier alpha value is -2.53. The van der Waals surface area contributed by atoms with Crippen molar-refractivity contribution < 1.29 is 4.79 Å². The number of aromatic nitrogens is 2. The maximum atomic E-state index is 12.7. The molecule has 5 heteroatoms. The zero-order valence-corrected chi connectivity index (χ0v) is 16.4. The number of carbonyl (C=O) groups is 1. The van der Waals surface area contributed by atoms with Crippen LogP contribution in [0, 0.1) is 5.92 Å². The van der Waals surface area contributed by atoms with Gasteiger partial charge < -0.3 is 5.32 Å². The van der Waals surface area contributed by atoms with Crippen molar-refractivity contribution in [2.24, 2.45) is 5.92 Å². The number of hydrogen-bond donors (Lipinski definition) is 1. The van der Waals surface area contributed by atoms with Crippen LogP contribution in [0.3, 0.4) is 0 Å². The number of thiazole rings is 1. The lowest BCUT2D eigenvalue weighted by Gasteiger charge is -2.20. The summed E-state index contributed by atoms with van der Waals surface area (Å²) in [5, 5.41) is 4.08. The van der Waals surface area contributed by atoms with Gasteiger partial charge in [-0.3, -0.25) is 9.78 Å². The highest BCUT2D eigenvalue weighted by Gasteiger charge is 2.27. The predicted octanol–water partition coefficient (Wildman–Crippen LogP) is 5.07. The number of benzene rings is 1. The molecule has 2 aromatic heterocycles. The van der Waals surface area contributed by atoms with E-state index in [9.17, 15) is 4.79 Å². The third-order valence-electron chi connectivity index (χ3n) is 5.06. The number of amides is 1. The van der Waals surface area contributed by atoms with Crippen LogP contribution in [0.4, 0.5) is 5.69 Å². The summed E-state index contributed by atoms with van der Waals surface area (Å²) in [5.41, 5.74) is 4.34. The van der Waals surface area contributed by atoms with E-state index in [0.29, 0.717) is 5.92 Å². The number of fused-ring (bicyclic) bond motifs is 1. The van der Waals surface area contributed by atoms with Crippen molar-refractivity contribution in [2.75, 3.05) is 5.32 Å². The molecule has 1 amide bonds. The van der Waals surface area contributed by atoms with E-state index in [1.54, 1.807) is 17.5 Å². The molecule has 4 rings (SSSR count). The summed E-state index contributed by atoms with van der Waals surface area (Å²) in [6, 6.07) is 12.1. The Morgan fingerprint density at radius 3 is 2.74 bits per heavy atom. The average molecular weight is 378 g/mol. The minimum atomic E-state index is 0.00414. The van der Waals surface area contributed by atoms with Gasteiger partial charge in [0.15, 0.2) is 0 Å². The van der Waals surface area contributed by atoms with E-state index in [1.807, 2.05) is 30.5 Å². The highest BCUT2D eigenvalue weighted by molar-refractivity contribution is 7.15. The fourth-order valence-corrected chi connectivity index (χ4v) is 4.59. The van der Waals surface area contributed by atoms with Crippen LogP contribution in [0.25, 0.3) is 10.6 Å². The first kappa shape index (κ1) is 17.9. The third-order valence-corrected chi connectivity index (χ3v) is 6.23. The number of carbonyl (C=O) groups excluding carboxylic acids is 1. The van der Waals surface area contributed by atoms with Crippen LogP contribution < -0.4 is 5.32 Å². The molecule has 27 heavy (non-hydrogen) atoms. The van der Waals surface area contributed by atoms with Crippen LogP contribution in [0.2, 0.25) is 0 Å². The Labute approximate surface area is 163 Å². The molecule has 0 radical (unpaired) electrons. The van der Waals surface area contributed by atoms with Gasteiger partial charge in [0.05, 0.1) is 5.69 Å². The minimum Gasteiger partial charge on any atom is -0.326 e. The van der Waals surface area contributed by atoms with Gasteiger partial charge in [0.1, 0.15) is 5.01 Å². The third kappa shape index (κ3) is 3.93. The van der Waals surface area contributed by atoms with E-state index in [-0.39, 0.29) is 11.8 Å². The number of nitrogens with zero attached hydrogens (tertiary/aromatic N) is 2. The van der Waals surface area contributed by atoms with Gasteiger partial charge in [-0.2, -0.15) is 0 Å². The second-order valence-corrected chi connectivity index (χ2v) is 8.42. The fraction of sp³-hybridized carbons (Fsp3) is 0.318. The maximum absolute atomic E-state index is 12.7. The number of hydrogen-bond acceptors (Lipinski definition) is 4. The minimum absolute atomic E-state index is 0.00414. The molecule has 1 aliphatic rings. The van der Waals surface area contributed by atoms with Crippen molar-refractivity contribution in [2.45, 2.75) is 39.0 Å². The number of nitrogens with one attached hydrogen (secondary N) is 1. The summed E-state index contributed by atoms with van der Waals surface area (Å²) >= 11 is 1.69. The highest BCUT2D eigenvalue weighted by Crippen LogP contribution is 2.34. The molecule has 2 heterocycles. The number of rotatable bonds is 4. The summed E-state index contributed by atoms with van der Waals surface area (Å²) in [6.45, 7) is 4.34. The molecular formula is C22H23N3OS. The molecule has 138 valence electrons. The molecule has 0 saturated heterocycles. The second kappa shape index (κ2) is 7.61. The molecule has 1 atom stereocenters. The van der Waals surface area contributed by atoms with Gasteiger partial charge in [-0.15, -0.1) is 11.3 Å². The monoisotopic (exact) mass is 377 g/mol. The lowest BCUT2D eigenvalue weighted by Crippen LogP contribution is -2.27. The first-order valence-corrected chi connectivity index (χ1v) is 10.2. The van der Waals surface area contributed by atoms with E-state index in [4.69, 9.17) is 4.98 Å². The topological polar surface area (TPSA) is 54.9 Å². The zero-order chi connectivity index (χ0) is 18.8. The van der Waals surface area contributed by atoms with Crippen LogP contribution in [0.1, 0.15) is 42.3 Å². The highest BCUT2D eigenvalue weighted by atomic mass is 32.1. The SMILES string of the molecule is CC(C)c1ccc(NC(=O)C2CCc3nc(-c4cccnc4)sc3C2)cc1. The number of pyridine rings is 1. The largest absolute Gasteiger partial charge is 0.326 e. The molecule has 0 bridgehead atoms. The van der Waals surface area contributed by atoms with Crippen molar-refractivity contribution in [1.29, 1.82) is 0 Å². The average Bonchev–Trinajstić information content (AvgIpc) is 3.12. The lowest BCUT2D eigenvalue weighted by atomic mass is 9.90. The standard InChI is InChI=1S/C22H23N3OS/c1-14(2)15-5-8-18(9-6-15)24-21(26)16-7-10-19-20(12-16)27-22(25-19)17-4-3-11-23-13-17/h3-6,8-9,11,13-14,16H,7,10,12H2,1-2H3,(H,24,26). The van der Waals surface area contributed by atoms with E-state index in [0.717, 1.165) is 41.2 Å². The molecule has 0 spiro atoms. The zero-order valence-electron chi connectivity index (χ0n) is 15.6. The Morgan fingerprint density at radius 1 is 1.22 bits per heavy atom. The van der Waals surface area contributed by atoms with Crippen LogP contribution in [0.15, 0.2) is 48.8 Å². The van der Waals surface area contributed by atoms with Gasteiger partial charge in [-0.05, 0) is 55.0 Å². The number of aryl methyl sites for hydroxylation is 1. The van der Waals surface area contributed by atoms with Gasteiger partial charge in [-0.25, -0.2) is 4.98 Å². The molecule has 0 fully saturated rings. The number of anilines is 1. The van der Waals surface area contributed by atoms with E-state index in [1.165, 1.54) is 10.4 Å². The summed E-state index contributed by atoms with van der Waals surface area (Å²) in [7, 11) is 0. The molecule has 1 unspecified atom stereocenters. The van der Waals surface area contributed by atoms with Crippen molar-refractivity contribution in [3.05, 3.63) is 64.9 Å². The molecular weight excluding hydrogens is 354 g/mol. The van der Waals surface area contributed by atoms with Crippen LogP contribution in [0.5, 0.6) is 0 Å². The van der Waals surface area contributed by atoms with Crippen LogP contribution in [-0.4, -0.2) is 15.9 Å². The van der Waals surface area contributed by atoms with Crippen molar-refractivity contribution in [3.8, 4) is 10.6 Å². The molecule has 1 N–H and O–H groups in total. The Morgan fingerprint density at radius 2 is 2.04 bits per heavy atom. The summed E-state index contributed by atoms with van der Waals surface area (Å²) in [4.78, 5) is 22.9. The normalized spacial score (nSPS) is 16.2. The smallest absolute Gasteiger partial charge is 0.227 e. The lowest BCUT2D eigenvalue weighted by molar-refractivity contribution is -0.120. The van der Waals surface area contributed by atoms with E-state index in [2.05, 4.69) is 36.3 Å². The Balaban J connectivity index is 1.44. The van der Waals surface area contributed by atoms with Crippen molar-refractivity contribution >= 4 is 22.9 Å². The van der Waals surface area contributed by atoms with Crippen LogP contribution in [-0.2, 0) is 17.6 Å². The fourth-order valence-electron chi connectivity index (χ4n) is 3.41. The van der Waals surface area contributed by atoms with Gasteiger partial charge in [0.25, 0.3) is 0 Å². The van der Waals surface area contributed by atoms with E-state index < -0.39 is 0 Å². The van der Waals surface area contributed by atoms with E-state index >= 15 is 0 Å². The first-order chi connectivity index (χ1) is 13.1. The molecule has 4 nitrogen and oxygen atoms in total. The van der Waals surface area contributed by atoms with Crippen LogP contribution >= 0.6 is 11.3 Å².